The number of amides is 2. The number of aryl methyl sites for hydroxylation is 2. The molecular weight excluding hydrogens is 1930 g/mol. The number of aromatic nitrogens is 14. The zero-order valence-electron chi connectivity index (χ0n) is 72.0. The van der Waals surface area contributed by atoms with E-state index in [2.05, 4.69) is 135 Å². The van der Waals surface area contributed by atoms with Crippen LogP contribution in [0.5, 0.6) is 0 Å². The number of nitrogens with one attached hydrogen (secondary N) is 3. The van der Waals surface area contributed by atoms with Gasteiger partial charge < -0.3 is 87.0 Å². The van der Waals surface area contributed by atoms with E-state index in [0.717, 1.165) is 149 Å². The number of benzene rings is 4. The van der Waals surface area contributed by atoms with Crippen LogP contribution in [-0.2, 0) is 45.4 Å². The number of nitrogen functional groups attached to an aromatic ring is 1. The van der Waals surface area contributed by atoms with Gasteiger partial charge in [-0.25, -0.2) is 49.8 Å². The third-order valence-corrected chi connectivity index (χ3v) is 22.6. The fraction of sp³-hybridized carbons (Fsp3) is 0.360. The van der Waals surface area contributed by atoms with Gasteiger partial charge in [-0.15, -0.1) is 11.6 Å². The molecule has 9 aromatic heterocycles. The zero-order chi connectivity index (χ0) is 93.9. The molecule has 13 aromatic rings. The van der Waals surface area contributed by atoms with Crippen molar-refractivity contribution in [3.63, 3.8) is 0 Å². The number of alkyl halides is 7. The quantitative estimate of drug-likeness (QED) is 0.0428. The predicted octanol–water partition coefficient (Wildman–Crippen LogP) is 17.0. The smallest absolute Gasteiger partial charge is 0.399 e. The number of nitrogens with zero attached hydrogens (tertiary/aromatic N) is 17. The average molecular weight is 2030 g/mol. The Hall–Kier alpha value is -9.98. The number of morpholine rings is 4. The van der Waals surface area contributed by atoms with Gasteiger partial charge >= 0.3 is 19.5 Å². The highest BCUT2D eigenvalue weighted by Crippen LogP contribution is 2.39. The van der Waals surface area contributed by atoms with Crippen LogP contribution in [-0.4, -0.2) is 213 Å². The Labute approximate surface area is 787 Å². The SMILES string of the molecule is C[C@@H]1COCCN1.C[C@@H]1COCCN1c1nc(Br)cn2ccnc12.C[C@@H]1COCCN1c1nc(Br)cn2ccnc12.Cc1ccc(NC(=O)c2cccc(C(F)(F)F)c2)cc1-c1cn2ccnc2c(N2CCOC[C@H]2C)n1.Cc1ccc(NC(=O)c2cccc(C(F)(F)F)c2)cc1B1OC(C)(C)C(C)(C)O1.Clc1cn2ccnc2c(Cl)n1.Nc1ncc(Cl)nc1Cl.O=CCCl. The third kappa shape index (κ3) is 26.7. The fourth-order valence-electron chi connectivity index (χ4n) is 13.4. The Bertz CT molecular complexity index is 5930. The molecular formula is C86H93BBr2Cl5F6N21O9. The van der Waals surface area contributed by atoms with Gasteiger partial charge in [-0.2, -0.15) is 26.3 Å². The lowest BCUT2D eigenvalue weighted by molar-refractivity contribution is -0.138. The molecule has 18 rings (SSSR count). The van der Waals surface area contributed by atoms with Gasteiger partial charge in [-0.3, -0.25) is 9.59 Å². The normalized spacial score (nSPS) is 17.6. The molecule has 0 bridgehead atoms. The first-order valence-corrected chi connectivity index (χ1v) is 44.2. The molecule has 30 nitrogen and oxygen atoms in total. The molecule has 44 heteroatoms. The Kier molecular flexibility index (Phi) is 35.2. The number of anilines is 6. The summed E-state index contributed by atoms with van der Waals surface area (Å²) < 4.78 is 121. The lowest BCUT2D eigenvalue weighted by Gasteiger charge is -2.34. The summed E-state index contributed by atoms with van der Waals surface area (Å²) in [5.41, 5.74) is 10.4. The fourth-order valence-corrected chi connectivity index (χ4v) is 15.0. The zero-order valence-corrected chi connectivity index (χ0v) is 79.0. The number of aldehydes is 1. The molecule has 690 valence electrons. The summed E-state index contributed by atoms with van der Waals surface area (Å²) in [6.07, 6.45) is 14.7. The summed E-state index contributed by atoms with van der Waals surface area (Å²) >= 11 is 33.9. The minimum absolute atomic E-state index is 0.0717. The maximum absolute atomic E-state index is 13.1. The van der Waals surface area contributed by atoms with Crippen molar-refractivity contribution in [3.8, 4) is 11.3 Å². The minimum atomic E-state index is -4.53. The van der Waals surface area contributed by atoms with Crippen LogP contribution in [0.1, 0.15) is 98.4 Å². The highest BCUT2D eigenvalue weighted by Gasteiger charge is 2.52. The summed E-state index contributed by atoms with van der Waals surface area (Å²) in [6.45, 7) is 29.4. The summed E-state index contributed by atoms with van der Waals surface area (Å²) in [6, 6.07) is 20.6. The molecule has 0 aliphatic carbocycles. The number of hydrogen-bond donors (Lipinski definition) is 4. The second-order valence-electron chi connectivity index (χ2n) is 30.9. The molecule has 0 radical (unpaired) electrons. The van der Waals surface area contributed by atoms with E-state index in [1.807, 2.05) is 104 Å². The molecule has 4 atom stereocenters. The molecule has 0 spiro atoms. The number of hydrogen-bond acceptors (Lipinski definition) is 24. The van der Waals surface area contributed by atoms with Crippen molar-refractivity contribution in [1.29, 1.82) is 0 Å². The highest BCUT2D eigenvalue weighted by molar-refractivity contribution is 9.10. The number of carbonyl (C=O) groups excluding carboxylic acids is 3. The van der Waals surface area contributed by atoms with Gasteiger partial charge in [0.2, 0.25) is 0 Å². The summed E-state index contributed by atoms with van der Waals surface area (Å²) in [4.78, 5) is 83.2. The third-order valence-electron chi connectivity index (χ3n) is 20.8. The van der Waals surface area contributed by atoms with E-state index in [1.165, 1.54) is 30.5 Å². The van der Waals surface area contributed by atoms with E-state index in [0.29, 0.717) is 77.2 Å². The van der Waals surface area contributed by atoms with Gasteiger partial charge in [0.1, 0.15) is 25.8 Å². The number of imidazole rings is 4. The van der Waals surface area contributed by atoms with Gasteiger partial charge in [-0.1, -0.05) is 76.2 Å². The predicted molar refractivity (Wildman–Crippen MR) is 498 cm³/mol. The number of carbonyl (C=O) groups is 3. The van der Waals surface area contributed by atoms with Crippen LogP contribution >= 0.6 is 89.9 Å². The number of nitrogens with two attached hydrogens (primary N) is 1. The van der Waals surface area contributed by atoms with Gasteiger partial charge in [0.25, 0.3) is 11.8 Å². The van der Waals surface area contributed by atoms with E-state index in [1.54, 1.807) is 65.8 Å². The van der Waals surface area contributed by atoms with Crippen LogP contribution in [0.25, 0.3) is 33.8 Å². The molecule has 4 aromatic carbocycles. The van der Waals surface area contributed by atoms with E-state index in [9.17, 15) is 35.9 Å². The second kappa shape index (κ2) is 45.4. The van der Waals surface area contributed by atoms with E-state index in [-0.39, 0.29) is 39.2 Å². The Balaban J connectivity index is 0.000000155. The van der Waals surface area contributed by atoms with E-state index >= 15 is 0 Å². The molecule has 5 fully saturated rings. The lowest BCUT2D eigenvalue weighted by Crippen LogP contribution is -2.44. The summed E-state index contributed by atoms with van der Waals surface area (Å²) in [7, 11) is -0.606. The van der Waals surface area contributed by atoms with E-state index < -0.39 is 53.6 Å². The minimum Gasteiger partial charge on any atom is -0.399 e. The van der Waals surface area contributed by atoms with Crippen molar-refractivity contribution in [3.05, 3.63) is 229 Å². The highest BCUT2D eigenvalue weighted by atomic mass is 79.9. The molecule has 0 saturated carbocycles. The Morgan fingerprint density at radius 2 is 0.969 bits per heavy atom. The van der Waals surface area contributed by atoms with Gasteiger partial charge in [-0.05, 0) is 173 Å². The lowest BCUT2D eigenvalue weighted by atomic mass is 9.76. The topological polar surface area (TPSA) is 325 Å². The van der Waals surface area contributed by atoms with Crippen LogP contribution in [0.15, 0.2) is 175 Å². The van der Waals surface area contributed by atoms with Crippen LogP contribution in [0.2, 0.25) is 20.6 Å². The number of rotatable bonds is 10. The van der Waals surface area contributed by atoms with Crippen molar-refractivity contribution < 1.29 is 69.0 Å². The largest absolute Gasteiger partial charge is 0.495 e. The van der Waals surface area contributed by atoms with Crippen LogP contribution in [0.3, 0.4) is 0 Å². The summed E-state index contributed by atoms with van der Waals surface area (Å²) in [5, 5.41) is 9.69. The standard InChI is InChI=1S/C26H24F3N5O2.C21H23BF3NO3.2C11H13BrN4O.C6H3Cl2N3.C5H11NO.C4H3Cl2N3.C2H3ClO/c1-16-6-7-20(31-25(35)18-4-3-5-19(12-18)26(27,28)29)13-21(16)22-14-33-9-8-30-23(33)24(32-22)34-10-11-36-15-17(34)2;1-13-9-10-16(12-17(13)22-28-19(2,3)20(4,5)29-22)26-18(27)14-7-6-8-15(11-14)21(23,24)25;2*1-8-7-17-5-4-16(8)11-10-13-2-3-15(10)6-9(12)14-11;7-4-3-11-2-1-9-6(11)5(8)10-4;1-5-4-7-3-2-6-5;5-2-1-8-4(7)3(6)9-2;3-1-2-4/h3-9,12-14,17H,10-11,15H2,1-2H3,(H,31,35);6-12H,1-5H3,(H,26,27);2*2-3,6,8H,4-5,7H2,1H3;1-3H;5-6H,2-4H2,1H3;1H,(H2,7,8);2H,1H2/t17-;;2*8-;;5-;;/m1.11.1../s1. The maximum Gasteiger partial charge on any atom is 0.495 e. The van der Waals surface area contributed by atoms with Gasteiger partial charge in [0.05, 0.1) is 111 Å². The first-order chi connectivity index (χ1) is 61.8. The van der Waals surface area contributed by atoms with Crippen molar-refractivity contribution in [1.82, 2.24) is 72.8 Å². The van der Waals surface area contributed by atoms with Crippen molar-refractivity contribution in [2.24, 2.45) is 0 Å². The Morgan fingerprint density at radius 3 is 1.38 bits per heavy atom. The first kappa shape index (κ1) is 101. The van der Waals surface area contributed by atoms with Gasteiger partial charge in [0.15, 0.2) is 56.2 Å². The van der Waals surface area contributed by atoms with Crippen LogP contribution in [0.4, 0.5) is 61.0 Å². The average Bonchev–Trinajstić information content (AvgIpc) is 1.60. The van der Waals surface area contributed by atoms with Crippen LogP contribution in [0, 0.1) is 13.8 Å². The molecule has 130 heavy (non-hydrogen) atoms. The second-order valence-corrected chi connectivity index (χ2v) is 34.4. The van der Waals surface area contributed by atoms with Crippen molar-refractivity contribution >= 4 is 178 Å². The number of fused-ring (bicyclic) bond motifs is 4. The van der Waals surface area contributed by atoms with Crippen molar-refractivity contribution in [2.75, 3.05) is 116 Å². The molecule has 5 N–H and O–H groups in total. The van der Waals surface area contributed by atoms with Crippen LogP contribution < -0.4 is 41.8 Å². The number of halogens is 13. The molecule has 5 aliphatic heterocycles. The Morgan fingerprint density at radius 1 is 0.546 bits per heavy atom. The molecule has 5 saturated heterocycles. The molecule has 5 aliphatic rings. The van der Waals surface area contributed by atoms with Crippen molar-refractivity contribution in [2.45, 2.75) is 117 Å². The van der Waals surface area contributed by atoms with Gasteiger partial charge in [0, 0.05) is 135 Å². The monoisotopic (exact) mass is 2020 g/mol. The molecule has 0 unspecified atom stereocenters. The molecule has 2 amide bonds. The summed E-state index contributed by atoms with van der Waals surface area (Å²) in [5.74, 6) is 1.63. The van der Waals surface area contributed by atoms with E-state index in [4.69, 9.17) is 102 Å². The first-order valence-electron chi connectivity index (χ1n) is 40.6. The maximum atomic E-state index is 13.1. The number of ether oxygens (including phenoxy) is 4. The molecule has 14 heterocycles.